The molecule has 1 atom stereocenters. The maximum Gasteiger partial charge on any atom is 0.272 e. The minimum Gasteiger partial charge on any atom is -0.489 e. The SMILES string of the molecule is CCCCN1CCCC1CNC(=O)c1cc([N+](=O)[O-])cc2c1OCCN2C. The van der Waals surface area contributed by atoms with Crippen LogP contribution in [0.25, 0.3) is 0 Å². The zero-order chi connectivity index (χ0) is 19.4. The van der Waals surface area contributed by atoms with E-state index >= 15 is 0 Å². The second-order valence-corrected chi connectivity index (χ2v) is 7.26. The van der Waals surface area contributed by atoms with E-state index in [1.807, 2.05) is 11.9 Å². The second-order valence-electron chi connectivity index (χ2n) is 7.26. The predicted molar refractivity (Wildman–Crippen MR) is 104 cm³/mol. The first-order valence-corrected chi connectivity index (χ1v) is 9.70. The summed E-state index contributed by atoms with van der Waals surface area (Å²) in [6.07, 6.45) is 4.52. The zero-order valence-corrected chi connectivity index (χ0v) is 16.1. The second kappa shape index (κ2) is 8.56. The summed E-state index contributed by atoms with van der Waals surface area (Å²) >= 11 is 0. The molecule has 1 aromatic carbocycles. The number of hydrogen-bond donors (Lipinski definition) is 1. The first-order chi connectivity index (χ1) is 13.0. The maximum atomic E-state index is 12.8. The van der Waals surface area contributed by atoms with Crippen molar-refractivity contribution < 1.29 is 14.5 Å². The number of likely N-dealkylation sites (N-methyl/N-ethyl adjacent to an activating group) is 1. The Kier molecular flexibility index (Phi) is 6.15. The number of carbonyl (C=O) groups is 1. The molecule has 1 aromatic rings. The first kappa shape index (κ1) is 19.4. The molecule has 8 heteroatoms. The highest BCUT2D eigenvalue weighted by Gasteiger charge is 2.28. The summed E-state index contributed by atoms with van der Waals surface area (Å²) in [5, 5.41) is 14.3. The van der Waals surface area contributed by atoms with Crippen molar-refractivity contribution in [1.29, 1.82) is 0 Å². The molecular formula is C19H28N4O4. The van der Waals surface area contributed by atoms with Crippen molar-refractivity contribution >= 4 is 17.3 Å². The van der Waals surface area contributed by atoms with E-state index < -0.39 is 4.92 Å². The highest BCUT2D eigenvalue weighted by molar-refractivity contribution is 6.00. The normalized spacial score (nSPS) is 19.5. The van der Waals surface area contributed by atoms with Crippen molar-refractivity contribution in [3.05, 3.63) is 27.8 Å². The van der Waals surface area contributed by atoms with Gasteiger partial charge in [-0.1, -0.05) is 13.3 Å². The largest absolute Gasteiger partial charge is 0.489 e. The van der Waals surface area contributed by atoms with Crippen molar-refractivity contribution in [2.24, 2.45) is 0 Å². The molecule has 0 saturated carbocycles. The van der Waals surface area contributed by atoms with Crippen molar-refractivity contribution in [2.45, 2.75) is 38.6 Å². The Morgan fingerprint density at radius 3 is 2.96 bits per heavy atom. The minimum absolute atomic E-state index is 0.0957. The first-order valence-electron chi connectivity index (χ1n) is 9.70. The van der Waals surface area contributed by atoms with Gasteiger partial charge in [-0.05, 0) is 32.4 Å². The topological polar surface area (TPSA) is 88.0 Å². The number of hydrogen-bond acceptors (Lipinski definition) is 6. The number of carbonyl (C=O) groups excluding carboxylic acids is 1. The molecule has 8 nitrogen and oxygen atoms in total. The molecule has 2 aliphatic heterocycles. The molecule has 1 fully saturated rings. The van der Waals surface area contributed by atoms with E-state index in [1.54, 1.807) is 0 Å². The summed E-state index contributed by atoms with van der Waals surface area (Å²) in [4.78, 5) is 28.0. The van der Waals surface area contributed by atoms with E-state index in [4.69, 9.17) is 4.74 Å². The molecule has 1 unspecified atom stereocenters. The van der Waals surface area contributed by atoms with Crippen molar-refractivity contribution in [3.63, 3.8) is 0 Å². The summed E-state index contributed by atoms with van der Waals surface area (Å²) in [5.41, 5.74) is 0.733. The monoisotopic (exact) mass is 376 g/mol. The summed E-state index contributed by atoms with van der Waals surface area (Å²) < 4.78 is 5.69. The van der Waals surface area contributed by atoms with Crippen LogP contribution < -0.4 is 15.0 Å². The number of likely N-dealkylation sites (tertiary alicyclic amines) is 1. The summed E-state index contributed by atoms with van der Waals surface area (Å²) in [6, 6.07) is 3.12. The fourth-order valence-corrected chi connectivity index (χ4v) is 3.80. The molecule has 2 aliphatic rings. The standard InChI is InChI=1S/C19H28N4O4/c1-3-4-7-22-8-5-6-14(22)13-20-19(24)16-11-15(23(25)26)12-17-18(16)27-10-9-21(17)2/h11-12,14H,3-10,13H2,1-2H3,(H,20,24). The number of unbranched alkanes of at least 4 members (excludes halogenated alkanes) is 1. The average Bonchev–Trinajstić information content (AvgIpc) is 3.11. The Morgan fingerprint density at radius 1 is 1.41 bits per heavy atom. The van der Waals surface area contributed by atoms with Gasteiger partial charge in [0.15, 0.2) is 5.75 Å². The molecule has 27 heavy (non-hydrogen) atoms. The number of anilines is 1. The number of non-ortho nitro benzene ring substituents is 1. The third-order valence-electron chi connectivity index (χ3n) is 5.39. The van der Waals surface area contributed by atoms with Crippen LogP contribution in [0.2, 0.25) is 0 Å². The van der Waals surface area contributed by atoms with Gasteiger partial charge in [0.2, 0.25) is 0 Å². The van der Waals surface area contributed by atoms with Crippen LogP contribution >= 0.6 is 0 Å². The van der Waals surface area contributed by atoms with Gasteiger partial charge in [0.1, 0.15) is 6.61 Å². The van der Waals surface area contributed by atoms with Gasteiger partial charge in [0, 0.05) is 31.8 Å². The maximum absolute atomic E-state index is 12.8. The van der Waals surface area contributed by atoms with Crippen LogP contribution in [0.15, 0.2) is 12.1 Å². The number of nitro benzene ring substituents is 1. The van der Waals surface area contributed by atoms with Crippen LogP contribution in [-0.4, -0.2) is 61.6 Å². The van der Waals surface area contributed by atoms with Gasteiger partial charge >= 0.3 is 0 Å². The van der Waals surface area contributed by atoms with E-state index in [0.717, 1.165) is 38.8 Å². The van der Waals surface area contributed by atoms with Crippen LogP contribution in [0.3, 0.4) is 0 Å². The van der Waals surface area contributed by atoms with Crippen molar-refractivity contribution in [2.75, 3.05) is 44.7 Å². The number of benzene rings is 1. The molecule has 1 amide bonds. The Balaban J connectivity index is 1.75. The van der Waals surface area contributed by atoms with Gasteiger partial charge in [-0.15, -0.1) is 0 Å². The van der Waals surface area contributed by atoms with Gasteiger partial charge in [0.05, 0.1) is 22.7 Å². The van der Waals surface area contributed by atoms with Crippen LogP contribution in [-0.2, 0) is 0 Å². The Hall–Kier alpha value is -2.35. The summed E-state index contributed by atoms with van der Waals surface area (Å²) in [6.45, 7) is 5.93. The predicted octanol–water partition coefficient (Wildman–Crippen LogP) is 2.42. The fraction of sp³-hybridized carbons (Fsp3) is 0.632. The lowest BCUT2D eigenvalue weighted by molar-refractivity contribution is -0.384. The van der Waals surface area contributed by atoms with Crippen molar-refractivity contribution in [1.82, 2.24) is 10.2 Å². The lowest BCUT2D eigenvalue weighted by atomic mass is 10.1. The molecule has 0 aromatic heterocycles. The molecule has 3 rings (SSSR count). The number of nitro groups is 1. The molecule has 1 saturated heterocycles. The number of nitrogens with zero attached hydrogens (tertiary/aromatic N) is 3. The smallest absolute Gasteiger partial charge is 0.272 e. The van der Waals surface area contributed by atoms with E-state index in [9.17, 15) is 14.9 Å². The van der Waals surface area contributed by atoms with Gasteiger partial charge < -0.3 is 15.0 Å². The Labute approximate surface area is 159 Å². The lowest BCUT2D eigenvalue weighted by Crippen LogP contribution is -2.41. The van der Waals surface area contributed by atoms with Gasteiger partial charge in [-0.25, -0.2) is 0 Å². The van der Waals surface area contributed by atoms with Gasteiger partial charge in [0.25, 0.3) is 11.6 Å². The molecule has 0 spiro atoms. The number of rotatable bonds is 7. The lowest BCUT2D eigenvalue weighted by Gasteiger charge is -2.29. The third-order valence-corrected chi connectivity index (χ3v) is 5.39. The van der Waals surface area contributed by atoms with Gasteiger partial charge in [-0.2, -0.15) is 0 Å². The number of nitrogens with one attached hydrogen (secondary N) is 1. The fourth-order valence-electron chi connectivity index (χ4n) is 3.80. The highest BCUT2D eigenvalue weighted by atomic mass is 16.6. The summed E-state index contributed by atoms with van der Waals surface area (Å²) in [5.74, 6) is 0.119. The number of amides is 1. The van der Waals surface area contributed by atoms with Gasteiger partial charge in [-0.3, -0.25) is 19.8 Å². The molecule has 1 N–H and O–H groups in total. The summed E-state index contributed by atoms with van der Waals surface area (Å²) in [7, 11) is 1.84. The molecule has 2 heterocycles. The van der Waals surface area contributed by atoms with E-state index in [-0.39, 0.29) is 17.2 Å². The van der Waals surface area contributed by atoms with E-state index in [2.05, 4.69) is 17.1 Å². The minimum atomic E-state index is -0.469. The highest BCUT2D eigenvalue weighted by Crippen LogP contribution is 2.38. The molecule has 0 aliphatic carbocycles. The molecule has 148 valence electrons. The third kappa shape index (κ3) is 4.32. The van der Waals surface area contributed by atoms with E-state index in [1.165, 1.54) is 12.1 Å². The zero-order valence-electron chi connectivity index (χ0n) is 16.1. The van der Waals surface area contributed by atoms with Crippen LogP contribution in [0.5, 0.6) is 5.75 Å². The van der Waals surface area contributed by atoms with Crippen LogP contribution in [0, 0.1) is 10.1 Å². The quantitative estimate of drug-likeness (QED) is 0.581. The van der Waals surface area contributed by atoms with Crippen LogP contribution in [0.1, 0.15) is 43.0 Å². The molecule has 0 bridgehead atoms. The average molecular weight is 376 g/mol. The number of ether oxygens (including phenoxy) is 1. The Bertz CT molecular complexity index is 709. The number of fused-ring (bicyclic) bond motifs is 1. The van der Waals surface area contributed by atoms with E-state index in [0.29, 0.717) is 37.2 Å². The molecular weight excluding hydrogens is 348 g/mol. The van der Waals surface area contributed by atoms with Crippen LogP contribution in [0.4, 0.5) is 11.4 Å². The van der Waals surface area contributed by atoms with Crippen molar-refractivity contribution in [3.8, 4) is 5.75 Å². The Morgan fingerprint density at radius 2 is 2.22 bits per heavy atom. The molecule has 0 radical (unpaired) electrons.